The first kappa shape index (κ1) is 11.7. The van der Waals surface area contributed by atoms with Gasteiger partial charge < -0.3 is 9.52 Å². The van der Waals surface area contributed by atoms with Gasteiger partial charge in [0, 0.05) is 17.0 Å². The van der Waals surface area contributed by atoms with Gasteiger partial charge in [0.25, 0.3) is 0 Å². The van der Waals surface area contributed by atoms with Gasteiger partial charge in [-0.2, -0.15) is 0 Å². The molecule has 3 nitrogen and oxygen atoms in total. The highest BCUT2D eigenvalue weighted by atomic mass is 16.4. The molecule has 1 heterocycles. The van der Waals surface area contributed by atoms with E-state index in [9.17, 15) is 9.90 Å². The normalized spacial score (nSPS) is 10.9. The van der Waals surface area contributed by atoms with Gasteiger partial charge in [-0.3, -0.25) is 0 Å². The molecule has 0 fully saturated rings. The van der Waals surface area contributed by atoms with Crippen LogP contribution in [0, 0.1) is 6.92 Å². The first-order chi connectivity index (χ1) is 8.13. The average Bonchev–Trinajstić information content (AvgIpc) is 2.31. The molecule has 0 aliphatic carbocycles. The Bertz CT molecular complexity index is 596. The van der Waals surface area contributed by atoms with Crippen molar-refractivity contribution in [2.75, 3.05) is 0 Å². The highest BCUT2D eigenvalue weighted by Gasteiger charge is 2.09. The molecule has 1 aromatic heterocycles. The number of fused-ring (bicyclic) bond motifs is 1. The molecule has 1 aromatic carbocycles. The number of hydrogen-bond donors (Lipinski definition) is 1. The van der Waals surface area contributed by atoms with Gasteiger partial charge >= 0.3 is 5.63 Å². The second kappa shape index (κ2) is 4.62. The predicted molar refractivity (Wildman–Crippen MR) is 67.5 cm³/mol. The van der Waals surface area contributed by atoms with Crippen molar-refractivity contribution >= 4 is 11.0 Å². The molecule has 0 unspecified atom stereocenters. The van der Waals surface area contributed by atoms with E-state index in [1.807, 2.05) is 6.07 Å². The molecule has 0 spiro atoms. The number of phenolic OH excluding ortho intramolecular Hbond substituents is 1. The van der Waals surface area contributed by atoms with Crippen molar-refractivity contribution in [2.45, 2.75) is 33.1 Å². The first-order valence-electron chi connectivity index (χ1n) is 5.88. The number of aryl methyl sites for hydroxylation is 2. The Labute approximate surface area is 99.7 Å². The molecule has 1 N–H and O–H groups in total. The Morgan fingerprint density at radius 1 is 1.35 bits per heavy atom. The van der Waals surface area contributed by atoms with Crippen LogP contribution in [-0.2, 0) is 6.42 Å². The van der Waals surface area contributed by atoms with Crippen LogP contribution < -0.4 is 5.63 Å². The number of rotatable bonds is 3. The molecule has 0 saturated heterocycles. The third-order valence-corrected chi connectivity index (χ3v) is 3.02. The third kappa shape index (κ3) is 2.18. The van der Waals surface area contributed by atoms with E-state index in [2.05, 4.69) is 6.92 Å². The zero-order chi connectivity index (χ0) is 12.4. The van der Waals surface area contributed by atoms with Crippen molar-refractivity contribution in [3.63, 3.8) is 0 Å². The van der Waals surface area contributed by atoms with Crippen molar-refractivity contribution in [3.05, 3.63) is 39.7 Å². The maximum absolute atomic E-state index is 11.5. The molecule has 0 radical (unpaired) electrons. The molecule has 90 valence electrons. The quantitative estimate of drug-likeness (QED) is 0.827. The summed E-state index contributed by atoms with van der Waals surface area (Å²) in [5.41, 5.74) is 1.78. The van der Waals surface area contributed by atoms with Crippen LogP contribution in [0.2, 0.25) is 0 Å². The smallest absolute Gasteiger partial charge is 0.336 e. The van der Waals surface area contributed by atoms with E-state index in [1.165, 1.54) is 0 Å². The number of benzene rings is 1. The standard InChI is InChI=1S/C14H16O3/c1-3-4-5-10-8-13(16)17-14-9(2)12(15)7-6-11(10)14/h6-8,15H,3-5H2,1-2H3. The van der Waals surface area contributed by atoms with Crippen molar-refractivity contribution in [1.82, 2.24) is 0 Å². The van der Waals surface area contributed by atoms with Crippen LogP contribution in [0.4, 0.5) is 0 Å². The van der Waals surface area contributed by atoms with Crippen molar-refractivity contribution in [2.24, 2.45) is 0 Å². The van der Waals surface area contributed by atoms with Crippen LogP contribution >= 0.6 is 0 Å². The summed E-state index contributed by atoms with van der Waals surface area (Å²) in [5, 5.41) is 10.5. The lowest BCUT2D eigenvalue weighted by atomic mass is 10.0. The van der Waals surface area contributed by atoms with E-state index in [0.29, 0.717) is 11.1 Å². The summed E-state index contributed by atoms with van der Waals surface area (Å²) in [6, 6.07) is 5.01. The molecule has 0 saturated carbocycles. The molecule has 0 aliphatic rings. The van der Waals surface area contributed by atoms with Gasteiger partial charge in [-0.25, -0.2) is 4.79 Å². The second-order valence-corrected chi connectivity index (χ2v) is 4.28. The van der Waals surface area contributed by atoms with Crippen LogP contribution in [0.15, 0.2) is 27.4 Å². The van der Waals surface area contributed by atoms with Gasteiger partial charge in [-0.15, -0.1) is 0 Å². The Hall–Kier alpha value is -1.77. The maximum Gasteiger partial charge on any atom is 0.336 e. The zero-order valence-electron chi connectivity index (χ0n) is 10.1. The molecule has 0 aliphatic heterocycles. The molecule has 0 bridgehead atoms. The summed E-state index contributed by atoms with van der Waals surface area (Å²) >= 11 is 0. The molecular weight excluding hydrogens is 216 g/mol. The number of unbranched alkanes of at least 4 members (excludes halogenated alkanes) is 1. The van der Waals surface area contributed by atoms with E-state index >= 15 is 0 Å². The fourth-order valence-corrected chi connectivity index (χ4v) is 1.99. The van der Waals surface area contributed by atoms with Crippen molar-refractivity contribution < 1.29 is 9.52 Å². The fourth-order valence-electron chi connectivity index (χ4n) is 1.99. The Kier molecular flexibility index (Phi) is 3.18. The molecule has 2 rings (SSSR count). The molecule has 2 aromatic rings. The van der Waals surface area contributed by atoms with Crippen molar-refractivity contribution in [3.8, 4) is 5.75 Å². The molecule has 17 heavy (non-hydrogen) atoms. The van der Waals surface area contributed by atoms with E-state index in [0.717, 1.165) is 30.2 Å². The number of phenols is 1. The minimum Gasteiger partial charge on any atom is -0.508 e. The monoisotopic (exact) mass is 232 g/mol. The van der Waals surface area contributed by atoms with Crippen LogP contribution in [-0.4, -0.2) is 5.11 Å². The van der Waals surface area contributed by atoms with Gasteiger partial charge in [-0.1, -0.05) is 13.3 Å². The number of aromatic hydroxyl groups is 1. The van der Waals surface area contributed by atoms with Gasteiger partial charge in [0.1, 0.15) is 11.3 Å². The van der Waals surface area contributed by atoms with E-state index in [4.69, 9.17) is 4.42 Å². The SMILES string of the molecule is CCCCc1cc(=O)oc2c(C)c(O)ccc12. The topological polar surface area (TPSA) is 50.4 Å². The van der Waals surface area contributed by atoms with Crippen LogP contribution in [0.25, 0.3) is 11.0 Å². The second-order valence-electron chi connectivity index (χ2n) is 4.28. The minimum absolute atomic E-state index is 0.160. The van der Waals surface area contributed by atoms with Crippen LogP contribution in [0.5, 0.6) is 5.75 Å². The molecule has 0 amide bonds. The predicted octanol–water partition coefficient (Wildman–Crippen LogP) is 3.15. The Morgan fingerprint density at radius 3 is 2.82 bits per heavy atom. The fraction of sp³-hybridized carbons (Fsp3) is 0.357. The van der Waals surface area contributed by atoms with Gasteiger partial charge in [0.2, 0.25) is 0 Å². The van der Waals surface area contributed by atoms with Gasteiger partial charge in [0.05, 0.1) is 0 Å². The summed E-state index contributed by atoms with van der Waals surface area (Å²) in [7, 11) is 0. The highest BCUT2D eigenvalue weighted by Crippen LogP contribution is 2.27. The molecule has 0 atom stereocenters. The number of hydrogen-bond acceptors (Lipinski definition) is 3. The Morgan fingerprint density at radius 2 is 2.12 bits per heavy atom. The first-order valence-corrected chi connectivity index (χ1v) is 5.88. The van der Waals surface area contributed by atoms with Gasteiger partial charge in [0.15, 0.2) is 0 Å². The third-order valence-electron chi connectivity index (χ3n) is 3.02. The van der Waals surface area contributed by atoms with E-state index in [1.54, 1.807) is 19.1 Å². The molecule has 3 heteroatoms. The largest absolute Gasteiger partial charge is 0.508 e. The lowest BCUT2D eigenvalue weighted by Crippen LogP contribution is -2.01. The van der Waals surface area contributed by atoms with Crippen molar-refractivity contribution in [1.29, 1.82) is 0 Å². The minimum atomic E-state index is -0.350. The average molecular weight is 232 g/mol. The van der Waals surface area contributed by atoms with Gasteiger partial charge in [-0.05, 0) is 37.5 Å². The van der Waals surface area contributed by atoms with Crippen LogP contribution in [0.3, 0.4) is 0 Å². The maximum atomic E-state index is 11.5. The summed E-state index contributed by atoms with van der Waals surface area (Å²) in [6.45, 7) is 3.87. The van der Waals surface area contributed by atoms with E-state index in [-0.39, 0.29) is 11.4 Å². The molecular formula is C14H16O3. The zero-order valence-corrected chi connectivity index (χ0v) is 10.1. The summed E-state index contributed by atoms with van der Waals surface area (Å²) in [6.07, 6.45) is 2.99. The Balaban J connectivity index is 2.68. The summed E-state index contributed by atoms with van der Waals surface area (Å²) in [4.78, 5) is 11.5. The van der Waals surface area contributed by atoms with E-state index < -0.39 is 0 Å². The summed E-state index contributed by atoms with van der Waals surface area (Å²) < 4.78 is 5.18. The lowest BCUT2D eigenvalue weighted by Gasteiger charge is -2.07. The van der Waals surface area contributed by atoms with Crippen LogP contribution in [0.1, 0.15) is 30.9 Å². The lowest BCUT2D eigenvalue weighted by molar-refractivity contribution is 0.468. The highest BCUT2D eigenvalue weighted by molar-refractivity contribution is 5.84. The summed E-state index contributed by atoms with van der Waals surface area (Å²) in [5.74, 6) is 0.160.